The van der Waals surface area contributed by atoms with Gasteiger partial charge in [0.1, 0.15) is 6.61 Å². The largest absolute Gasteiger partial charge is 0.481 e. The number of benzene rings is 1. The van der Waals surface area contributed by atoms with Crippen molar-refractivity contribution in [2.75, 3.05) is 13.2 Å². The number of ether oxygens (including phenoxy) is 2. The number of rotatable bonds is 5. The fraction of sp³-hybridized carbons (Fsp3) is 0.500. The molecular formula is C16H21NO5. The molecule has 2 atom stereocenters. The van der Waals surface area contributed by atoms with E-state index < -0.39 is 17.6 Å². The van der Waals surface area contributed by atoms with Gasteiger partial charge in [-0.1, -0.05) is 37.3 Å². The average Bonchev–Trinajstić information content (AvgIpc) is 2.49. The molecule has 0 aliphatic carbocycles. The molecule has 1 aromatic carbocycles. The second kappa shape index (κ2) is 7.26. The van der Waals surface area contributed by atoms with Crippen molar-refractivity contribution in [3.05, 3.63) is 35.9 Å². The summed E-state index contributed by atoms with van der Waals surface area (Å²) in [6.45, 7) is 2.88. The molecule has 0 radical (unpaired) electrons. The number of nitrogens with one attached hydrogen (secondary N) is 1. The van der Waals surface area contributed by atoms with Gasteiger partial charge in [0.2, 0.25) is 0 Å². The van der Waals surface area contributed by atoms with Gasteiger partial charge in [-0.05, 0) is 12.0 Å². The van der Waals surface area contributed by atoms with Crippen LogP contribution in [0.3, 0.4) is 0 Å². The molecule has 6 heteroatoms. The van der Waals surface area contributed by atoms with Crippen molar-refractivity contribution in [2.45, 2.75) is 31.9 Å². The number of amides is 1. The lowest BCUT2D eigenvalue weighted by atomic mass is 9.78. The summed E-state index contributed by atoms with van der Waals surface area (Å²) in [5.74, 6) is -1.04. The summed E-state index contributed by atoms with van der Waals surface area (Å²) in [6, 6.07) is 9.33. The zero-order valence-electron chi connectivity index (χ0n) is 12.6. The average molecular weight is 307 g/mol. The number of hydrogen-bond donors (Lipinski definition) is 2. The maximum atomic E-state index is 12.0. The van der Waals surface area contributed by atoms with E-state index >= 15 is 0 Å². The Morgan fingerprint density at radius 1 is 1.41 bits per heavy atom. The van der Waals surface area contributed by atoms with Crippen molar-refractivity contribution in [1.29, 1.82) is 0 Å². The highest BCUT2D eigenvalue weighted by atomic mass is 16.5. The number of carboxylic acid groups (broad SMARTS) is 1. The molecule has 2 unspecified atom stereocenters. The van der Waals surface area contributed by atoms with Crippen molar-refractivity contribution >= 4 is 12.1 Å². The SMILES string of the molecule is CC1COCCC1(CC(=O)O)NC(=O)OCc1ccccc1. The summed E-state index contributed by atoms with van der Waals surface area (Å²) in [5, 5.41) is 11.9. The van der Waals surface area contributed by atoms with Crippen molar-refractivity contribution < 1.29 is 24.2 Å². The van der Waals surface area contributed by atoms with Crippen molar-refractivity contribution in [1.82, 2.24) is 5.32 Å². The molecule has 1 fully saturated rings. The Morgan fingerprint density at radius 3 is 2.77 bits per heavy atom. The molecule has 120 valence electrons. The van der Waals surface area contributed by atoms with E-state index in [1.165, 1.54) is 0 Å². The van der Waals surface area contributed by atoms with Gasteiger partial charge in [0.15, 0.2) is 0 Å². The molecule has 0 spiro atoms. The van der Waals surface area contributed by atoms with Crippen LogP contribution in [0.2, 0.25) is 0 Å². The molecule has 2 rings (SSSR count). The summed E-state index contributed by atoms with van der Waals surface area (Å²) >= 11 is 0. The van der Waals surface area contributed by atoms with E-state index in [0.717, 1.165) is 5.56 Å². The van der Waals surface area contributed by atoms with E-state index in [1.807, 2.05) is 37.3 Å². The predicted molar refractivity (Wildman–Crippen MR) is 79.3 cm³/mol. The van der Waals surface area contributed by atoms with Gasteiger partial charge in [-0.2, -0.15) is 0 Å². The highest BCUT2D eigenvalue weighted by Gasteiger charge is 2.42. The van der Waals surface area contributed by atoms with E-state index in [9.17, 15) is 9.59 Å². The topological polar surface area (TPSA) is 84.9 Å². The maximum Gasteiger partial charge on any atom is 0.407 e. The van der Waals surface area contributed by atoms with E-state index in [1.54, 1.807) is 0 Å². The lowest BCUT2D eigenvalue weighted by Crippen LogP contribution is -2.58. The van der Waals surface area contributed by atoms with Crippen molar-refractivity contribution in [3.8, 4) is 0 Å². The van der Waals surface area contributed by atoms with Crippen LogP contribution >= 0.6 is 0 Å². The number of aliphatic carboxylic acids is 1. The third-order valence-corrected chi connectivity index (χ3v) is 4.03. The first-order valence-corrected chi connectivity index (χ1v) is 7.30. The van der Waals surface area contributed by atoms with Crippen molar-refractivity contribution in [2.24, 2.45) is 5.92 Å². The molecule has 0 bridgehead atoms. The predicted octanol–water partition coefficient (Wildman–Crippen LogP) is 2.18. The van der Waals surface area contributed by atoms with Gasteiger partial charge in [0.25, 0.3) is 0 Å². The fourth-order valence-electron chi connectivity index (χ4n) is 2.65. The normalized spacial score (nSPS) is 24.5. The molecule has 1 saturated heterocycles. The molecule has 1 amide bonds. The zero-order valence-corrected chi connectivity index (χ0v) is 12.6. The summed E-state index contributed by atoms with van der Waals surface area (Å²) in [6.07, 6.45) is -0.280. The van der Waals surface area contributed by atoms with Crippen molar-refractivity contribution in [3.63, 3.8) is 0 Å². The number of carbonyl (C=O) groups excluding carboxylic acids is 1. The van der Waals surface area contributed by atoms with Crippen LogP contribution in [0.4, 0.5) is 4.79 Å². The number of carboxylic acids is 1. The minimum atomic E-state index is -0.947. The minimum Gasteiger partial charge on any atom is -0.481 e. The Morgan fingerprint density at radius 2 is 2.14 bits per heavy atom. The first kappa shape index (κ1) is 16.3. The monoisotopic (exact) mass is 307 g/mol. The first-order chi connectivity index (χ1) is 10.5. The molecule has 1 aliphatic heterocycles. The third kappa shape index (κ3) is 4.21. The number of hydrogen-bond acceptors (Lipinski definition) is 4. The molecule has 1 aliphatic rings. The van der Waals surface area contributed by atoms with Crippen LogP contribution < -0.4 is 5.32 Å². The quantitative estimate of drug-likeness (QED) is 0.871. The van der Waals surface area contributed by atoms with Gasteiger partial charge in [-0.25, -0.2) is 4.79 Å². The van der Waals surface area contributed by atoms with Gasteiger partial charge < -0.3 is 19.9 Å². The Balaban J connectivity index is 1.97. The van der Waals surface area contributed by atoms with Crippen LogP contribution in [0.15, 0.2) is 30.3 Å². The first-order valence-electron chi connectivity index (χ1n) is 7.30. The van der Waals surface area contributed by atoms with E-state index in [2.05, 4.69) is 5.32 Å². The Labute approximate surface area is 129 Å². The second-order valence-electron chi connectivity index (χ2n) is 5.64. The van der Waals surface area contributed by atoms with E-state index in [-0.39, 0.29) is 18.9 Å². The summed E-state index contributed by atoms with van der Waals surface area (Å²) < 4.78 is 10.5. The molecule has 6 nitrogen and oxygen atoms in total. The molecular weight excluding hydrogens is 286 g/mol. The van der Waals surface area contributed by atoms with E-state index in [0.29, 0.717) is 19.6 Å². The minimum absolute atomic E-state index is 0.0957. The highest BCUT2D eigenvalue weighted by Crippen LogP contribution is 2.30. The highest BCUT2D eigenvalue weighted by molar-refractivity contribution is 5.73. The summed E-state index contributed by atoms with van der Waals surface area (Å²) in [4.78, 5) is 23.2. The fourth-order valence-corrected chi connectivity index (χ4v) is 2.65. The third-order valence-electron chi connectivity index (χ3n) is 4.03. The Kier molecular flexibility index (Phi) is 5.38. The molecule has 2 N–H and O–H groups in total. The standard InChI is InChI=1S/C16H21NO5/c1-12-10-21-8-7-16(12,9-14(18)19)17-15(20)22-11-13-5-3-2-4-6-13/h2-6,12H,7-11H2,1H3,(H,17,20)(H,18,19). The van der Waals surface area contributed by atoms with Gasteiger partial charge in [0, 0.05) is 12.5 Å². The van der Waals surface area contributed by atoms with Crippen LogP contribution in [0.1, 0.15) is 25.3 Å². The van der Waals surface area contributed by atoms with E-state index in [4.69, 9.17) is 14.6 Å². The Bertz CT molecular complexity index is 519. The Hall–Kier alpha value is -2.08. The van der Waals surface area contributed by atoms with Gasteiger partial charge in [-0.3, -0.25) is 4.79 Å². The lowest BCUT2D eigenvalue weighted by molar-refractivity contribution is -0.140. The number of alkyl carbamates (subject to hydrolysis) is 1. The second-order valence-corrected chi connectivity index (χ2v) is 5.64. The summed E-state index contributed by atoms with van der Waals surface area (Å²) in [7, 11) is 0. The van der Waals surface area contributed by atoms with Crippen LogP contribution in [0.5, 0.6) is 0 Å². The number of carbonyl (C=O) groups is 2. The smallest absolute Gasteiger partial charge is 0.407 e. The van der Waals surface area contributed by atoms with Gasteiger partial charge in [0.05, 0.1) is 18.6 Å². The van der Waals surface area contributed by atoms with Crippen LogP contribution in [-0.4, -0.2) is 35.9 Å². The molecule has 1 heterocycles. The van der Waals surface area contributed by atoms with Gasteiger partial charge >= 0.3 is 12.1 Å². The molecule has 22 heavy (non-hydrogen) atoms. The van der Waals surface area contributed by atoms with Gasteiger partial charge in [-0.15, -0.1) is 0 Å². The molecule has 0 aromatic heterocycles. The lowest BCUT2D eigenvalue weighted by Gasteiger charge is -2.41. The molecule has 1 aromatic rings. The van der Waals surface area contributed by atoms with Crippen LogP contribution in [0, 0.1) is 5.92 Å². The van der Waals surface area contributed by atoms with Crippen LogP contribution in [-0.2, 0) is 20.9 Å². The zero-order chi connectivity index (χ0) is 16.0. The maximum absolute atomic E-state index is 12.0. The molecule has 0 saturated carbocycles. The summed E-state index contributed by atoms with van der Waals surface area (Å²) in [5.41, 5.74) is 0.0580. The van der Waals surface area contributed by atoms with Crippen LogP contribution in [0.25, 0.3) is 0 Å².